The van der Waals surface area contributed by atoms with Gasteiger partial charge < -0.3 is 9.71 Å². The Labute approximate surface area is 370 Å². The summed E-state index contributed by atoms with van der Waals surface area (Å²) in [5.41, 5.74) is 21.9. The highest BCUT2D eigenvalue weighted by Gasteiger charge is 2.56. The zero-order chi connectivity index (χ0) is 42.1. The molecule has 9 aromatic rings. The van der Waals surface area contributed by atoms with E-state index in [4.69, 9.17) is 0 Å². The van der Waals surface area contributed by atoms with Gasteiger partial charge in [-0.15, -0.1) is 0 Å². The number of rotatable bonds is 4. The third-order valence-corrected chi connectivity index (χ3v) is 14.7. The molecule has 4 heterocycles. The molecule has 0 radical (unpaired) electrons. The van der Waals surface area contributed by atoms with E-state index in [9.17, 15) is 0 Å². The Bertz CT molecular complexity index is 3200. The van der Waals surface area contributed by atoms with E-state index in [2.05, 4.69) is 249 Å². The number of benzene rings is 9. The Morgan fingerprint density at radius 3 is 1.37 bits per heavy atom. The van der Waals surface area contributed by atoms with Gasteiger partial charge in [0.05, 0.1) is 16.5 Å². The summed E-state index contributed by atoms with van der Waals surface area (Å²) in [4.78, 5) is 5.39. The van der Waals surface area contributed by atoms with Gasteiger partial charge in [-0.25, -0.2) is 0 Å². The van der Waals surface area contributed by atoms with Crippen molar-refractivity contribution in [2.45, 2.75) is 37.0 Å². The molecule has 0 saturated heterocycles. The lowest BCUT2D eigenvalue weighted by Crippen LogP contribution is -2.64. The standard InChI is InChI=1S/C60H45BN2/c1-58(2,3)44-38-46-45-30-20-33-49-56(45)63(53-37-19-17-32-48(53)60(49,42-26-12-6-13-27-42)43-28-14-7-15-29-43)61-51-35-21-34-50-57(51)62(54(39-44)55(46)61)52-36-18-16-31-47(52)59(50,40-22-8-4-9-23-40)41-24-10-5-11-25-41/h4-39H,1-3H3. The number of hydrogen-bond acceptors (Lipinski definition) is 2. The lowest BCUT2D eigenvalue weighted by molar-refractivity contribution is 0.590. The van der Waals surface area contributed by atoms with Crippen LogP contribution in [0.4, 0.5) is 28.4 Å². The minimum absolute atomic E-state index is 0.107. The zero-order valence-corrected chi connectivity index (χ0v) is 35.8. The Kier molecular flexibility index (Phi) is 7.54. The van der Waals surface area contributed by atoms with Crippen molar-refractivity contribution < 1.29 is 0 Å². The fourth-order valence-corrected chi connectivity index (χ4v) is 12.2. The van der Waals surface area contributed by atoms with E-state index in [1.807, 2.05) is 0 Å². The van der Waals surface area contributed by atoms with Gasteiger partial charge in [0.1, 0.15) is 0 Å². The van der Waals surface area contributed by atoms with Crippen LogP contribution in [0.1, 0.15) is 70.8 Å². The van der Waals surface area contributed by atoms with Crippen LogP contribution >= 0.6 is 0 Å². The molecule has 3 heteroatoms. The first-order valence-electron chi connectivity index (χ1n) is 22.4. The SMILES string of the molecule is CC(C)(C)c1cc2c3c(c1)N1c4ccccc4C(c4ccccc4)(c4ccccc4)c4cccc(c41)B3N1c3ccccc3C(c3ccccc3)(c3ccccc3)c3cccc-2c31. The molecule has 0 N–H and O–H groups in total. The van der Waals surface area contributed by atoms with Crippen LogP contribution in [0.5, 0.6) is 0 Å². The molecule has 9 aromatic carbocycles. The van der Waals surface area contributed by atoms with Crippen molar-refractivity contribution in [1.82, 2.24) is 0 Å². The fourth-order valence-electron chi connectivity index (χ4n) is 12.2. The number of hydrogen-bond donors (Lipinski definition) is 0. The molecule has 4 aliphatic rings. The van der Waals surface area contributed by atoms with E-state index in [0.29, 0.717) is 0 Å². The molecule has 0 fully saturated rings. The number of anilines is 5. The van der Waals surface area contributed by atoms with Crippen molar-refractivity contribution >= 4 is 46.2 Å². The predicted molar refractivity (Wildman–Crippen MR) is 263 cm³/mol. The largest absolute Gasteiger partial charge is 0.376 e. The highest BCUT2D eigenvalue weighted by atomic mass is 15.2. The van der Waals surface area contributed by atoms with Crippen LogP contribution in [-0.2, 0) is 16.2 Å². The van der Waals surface area contributed by atoms with Gasteiger partial charge in [0.25, 0.3) is 0 Å². The summed E-state index contributed by atoms with van der Waals surface area (Å²) in [6.07, 6.45) is 0. The predicted octanol–water partition coefficient (Wildman–Crippen LogP) is 13.1. The zero-order valence-electron chi connectivity index (χ0n) is 35.8. The van der Waals surface area contributed by atoms with Crippen LogP contribution in [0.2, 0.25) is 0 Å². The molecule has 0 saturated carbocycles. The normalized spacial score (nSPS) is 15.4. The van der Waals surface area contributed by atoms with Crippen LogP contribution < -0.4 is 20.6 Å². The second kappa shape index (κ2) is 13.1. The second-order valence-corrected chi connectivity index (χ2v) is 18.8. The molecular formula is C60H45BN2. The molecule has 2 nitrogen and oxygen atoms in total. The van der Waals surface area contributed by atoms with Crippen molar-refractivity contribution in [2.24, 2.45) is 0 Å². The summed E-state index contributed by atoms with van der Waals surface area (Å²) >= 11 is 0. The first-order valence-corrected chi connectivity index (χ1v) is 22.4. The number of para-hydroxylation sites is 4. The molecule has 0 unspecified atom stereocenters. The summed E-state index contributed by atoms with van der Waals surface area (Å²) in [5, 5.41) is 0. The maximum absolute atomic E-state index is 2.74. The minimum atomic E-state index is -0.573. The van der Waals surface area contributed by atoms with Crippen LogP contribution in [0.25, 0.3) is 11.1 Å². The third-order valence-electron chi connectivity index (χ3n) is 14.7. The number of nitrogens with zero attached hydrogens (tertiary/aromatic N) is 2. The van der Waals surface area contributed by atoms with Crippen molar-refractivity contribution in [1.29, 1.82) is 0 Å². The maximum Gasteiger partial charge on any atom is 0.333 e. The summed E-state index contributed by atoms with van der Waals surface area (Å²) in [5.74, 6) is 0. The van der Waals surface area contributed by atoms with Crippen molar-refractivity contribution in [3.8, 4) is 11.1 Å². The van der Waals surface area contributed by atoms with Crippen LogP contribution in [0.15, 0.2) is 218 Å². The van der Waals surface area contributed by atoms with Crippen LogP contribution in [0.3, 0.4) is 0 Å². The van der Waals surface area contributed by atoms with Gasteiger partial charge in [-0.05, 0) is 90.2 Å². The molecule has 0 atom stereocenters. The van der Waals surface area contributed by atoms with Gasteiger partial charge >= 0.3 is 6.85 Å². The second-order valence-electron chi connectivity index (χ2n) is 18.8. The van der Waals surface area contributed by atoms with Gasteiger partial charge in [-0.3, -0.25) is 0 Å². The summed E-state index contributed by atoms with van der Waals surface area (Å²) in [6, 6.07) is 82.8. The minimum Gasteiger partial charge on any atom is -0.376 e. The van der Waals surface area contributed by atoms with Gasteiger partial charge in [-0.2, -0.15) is 0 Å². The Morgan fingerprint density at radius 2 is 0.825 bits per heavy atom. The molecule has 13 rings (SSSR count). The fraction of sp³-hybridized carbons (Fsp3) is 0.100. The van der Waals surface area contributed by atoms with E-state index < -0.39 is 10.8 Å². The molecule has 63 heavy (non-hydrogen) atoms. The quantitative estimate of drug-likeness (QED) is 0.164. The van der Waals surface area contributed by atoms with E-state index >= 15 is 0 Å². The highest BCUT2D eigenvalue weighted by molar-refractivity contribution is 6.93. The van der Waals surface area contributed by atoms with Crippen molar-refractivity contribution in [3.05, 3.63) is 268 Å². The summed E-state index contributed by atoms with van der Waals surface area (Å²) < 4.78 is 0. The molecule has 0 aliphatic carbocycles. The maximum atomic E-state index is 2.74. The molecular weight excluding hydrogens is 759 g/mol. The van der Waals surface area contributed by atoms with Crippen LogP contribution in [-0.4, -0.2) is 6.85 Å². The lowest BCUT2D eigenvalue weighted by Gasteiger charge is -2.55. The van der Waals surface area contributed by atoms with Gasteiger partial charge in [-0.1, -0.05) is 221 Å². The molecule has 0 spiro atoms. The van der Waals surface area contributed by atoms with E-state index in [1.165, 1.54) is 101 Å². The van der Waals surface area contributed by atoms with Gasteiger partial charge in [0.2, 0.25) is 0 Å². The molecule has 0 aromatic heterocycles. The third kappa shape index (κ3) is 4.64. The number of fused-ring (bicyclic) bond motifs is 8. The average Bonchev–Trinajstić information content (AvgIpc) is 3.34. The Balaban J connectivity index is 1.21. The van der Waals surface area contributed by atoms with Crippen LogP contribution in [0, 0.1) is 0 Å². The monoisotopic (exact) mass is 804 g/mol. The molecule has 298 valence electrons. The van der Waals surface area contributed by atoms with Gasteiger partial charge in [0.15, 0.2) is 0 Å². The van der Waals surface area contributed by atoms with Crippen molar-refractivity contribution in [2.75, 3.05) is 9.71 Å². The van der Waals surface area contributed by atoms with Gasteiger partial charge in [0, 0.05) is 28.3 Å². The first kappa shape index (κ1) is 36.3. The van der Waals surface area contributed by atoms with Crippen molar-refractivity contribution in [3.63, 3.8) is 0 Å². The molecule has 0 bridgehead atoms. The Morgan fingerprint density at radius 1 is 0.381 bits per heavy atom. The molecule has 4 aliphatic heterocycles. The molecule has 0 amide bonds. The highest BCUT2D eigenvalue weighted by Crippen LogP contribution is 2.63. The first-order chi connectivity index (χ1) is 30.9. The van der Waals surface area contributed by atoms with E-state index in [1.54, 1.807) is 0 Å². The summed E-state index contributed by atoms with van der Waals surface area (Å²) in [7, 11) is 0. The average molecular weight is 805 g/mol. The topological polar surface area (TPSA) is 6.48 Å². The summed E-state index contributed by atoms with van der Waals surface area (Å²) in [6.45, 7) is 6.98. The van der Waals surface area contributed by atoms with E-state index in [-0.39, 0.29) is 12.3 Å². The van der Waals surface area contributed by atoms with E-state index in [0.717, 1.165) is 0 Å². The smallest absolute Gasteiger partial charge is 0.333 e. The lowest BCUT2D eigenvalue weighted by atomic mass is 9.41. The Hall–Kier alpha value is -7.36.